The summed E-state index contributed by atoms with van der Waals surface area (Å²) in [5.74, 6) is -0.940. The summed E-state index contributed by atoms with van der Waals surface area (Å²) in [6.45, 7) is 0. The van der Waals surface area contributed by atoms with Crippen LogP contribution in [0.4, 0.5) is 0 Å². The zero-order valence-corrected chi connectivity index (χ0v) is 10.4. The Morgan fingerprint density at radius 1 is 0.789 bits per heavy atom. The highest BCUT2D eigenvalue weighted by atomic mass is 16.4. The first-order valence-corrected chi connectivity index (χ1v) is 5.98. The van der Waals surface area contributed by atoms with Crippen LogP contribution >= 0.6 is 0 Å². The summed E-state index contributed by atoms with van der Waals surface area (Å²) in [4.78, 5) is 10.5. The highest BCUT2D eigenvalue weighted by molar-refractivity contribution is 5.85. The molecule has 0 aliphatic carbocycles. The van der Waals surface area contributed by atoms with Crippen LogP contribution in [0.15, 0.2) is 60.7 Å². The number of rotatable bonds is 4. The molecule has 1 N–H and O–H groups in total. The Labute approximate surface area is 112 Å². The minimum absolute atomic E-state index is 0.873. The van der Waals surface area contributed by atoms with Crippen LogP contribution < -0.4 is 0 Å². The van der Waals surface area contributed by atoms with Crippen molar-refractivity contribution in [3.63, 3.8) is 0 Å². The molecule has 0 bridgehead atoms. The van der Waals surface area contributed by atoms with Crippen LogP contribution in [0.5, 0.6) is 0 Å². The van der Waals surface area contributed by atoms with E-state index in [4.69, 9.17) is 5.11 Å². The van der Waals surface area contributed by atoms with Crippen LogP contribution in [0.25, 0.3) is 18.2 Å². The maximum atomic E-state index is 10.5. The van der Waals surface area contributed by atoms with Gasteiger partial charge in [-0.05, 0) is 28.8 Å². The van der Waals surface area contributed by atoms with E-state index in [9.17, 15) is 4.79 Å². The first-order chi connectivity index (χ1) is 9.24. The van der Waals surface area contributed by atoms with Crippen LogP contribution in [-0.2, 0) is 4.79 Å². The molecular formula is C17H14O2. The van der Waals surface area contributed by atoms with Gasteiger partial charge in [0.15, 0.2) is 0 Å². The number of carbonyl (C=O) groups is 1. The number of carboxylic acid groups (broad SMARTS) is 1. The van der Waals surface area contributed by atoms with Gasteiger partial charge in [0, 0.05) is 6.08 Å². The zero-order valence-electron chi connectivity index (χ0n) is 10.4. The Hall–Kier alpha value is -2.61. The standard InChI is InChI=1S/C17H14O2/c18-17(19)12-11-16-8-4-7-15(13-16)10-9-14-5-2-1-3-6-14/h1-13H,(H,18,19). The van der Waals surface area contributed by atoms with Gasteiger partial charge in [0.1, 0.15) is 0 Å². The van der Waals surface area contributed by atoms with Crippen molar-refractivity contribution in [2.24, 2.45) is 0 Å². The van der Waals surface area contributed by atoms with Gasteiger partial charge in [-0.25, -0.2) is 4.79 Å². The second-order valence-electron chi connectivity index (χ2n) is 4.09. The number of hydrogen-bond acceptors (Lipinski definition) is 1. The summed E-state index contributed by atoms with van der Waals surface area (Å²) in [7, 11) is 0. The third-order valence-electron chi connectivity index (χ3n) is 2.60. The monoisotopic (exact) mass is 250 g/mol. The van der Waals surface area contributed by atoms with Gasteiger partial charge in [-0.15, -0.1) is 0 Å². The predicted octanol–water partition coefficient (Wildman–Crippen LogP) is 3.95. The molecule has 0 atom stereocenters. The fourth-order valence-electron chi connectivity index (χ4n) is 1.69. The maximum Gasteiger partial charge on any atom is 0.328 e. The second kappa shape index (κ2) is 6.36. The minimum Gasteiger partial charge on any atom is -0.478 e. The summed E-state index contributed by atoms with van der Waals surface area (Å²) in [5, 5.41) is 8.60. The molecule has 0 amide bonds. The van der Waals surface area contributed by atoms with Crippen molar-refractivity contribution >= 4 is 24.2 Å². The Kier molecular flexibility index (Phi) is 4.29. The lowest BCUT2D eigenvalue weighted by Crippen LogP contribution is -1.85. The van der Waals surface area contributed by atoms with Crippen molar-refractivity contribution in [1.82, 2.24) is 0 Å². The third kappa shape index (κ3) is 4.28. The number of aliphatic carboxylic acids is 1. The molecule has 19 heavy (non-hydrogen) atoms. The van der Waals surface area contributed by atoms with E-state index in [1.165, 1.54) is 0 Å². The third-order valence-corrected chi connectivity index (χ3v) is 2.60. The Balaban J connectivity index is 2.15. The molecular weight excluding hydrogens is 236 g/mol. The minimum atomic E-state index is -0.940. The maximum absolute atomic E-state index is 10.5. The van der Waals surface area contributed by atoms with E-state index >= 15 is 0 Å². The van der Waals surface area contributed by atoms with E-state index in [1.54, 1.807) is 6.08 Å². The van der Waals surface area contributed by atoms with Gasteiger partial charge in [-0.1, -0.05) is 60.7 Å². The van der Waals surface area contributed by atoms with Gasteiger partial charge in [0.05, 0.1) is 0 Å². The Morgan fingerprint density at radius 2 is 1.37 bits per heavy atom. The molecule has 0 radical (unpaired) electrons. The van der Waals surface area contributed by atoms with Crippen LogP contribution in [0.3, 0.4) is 0 Å². The Morgan fingerprint density at radius 3 is 2.05 bits per heavy atom. The molecule has 0 aliphatic rings. The lowest BCUT2D eigenvalue weighted by atomic mass is 10.1. The normalized spacial score (nSPS) is 11.2. The lowest BCUT2D eigenvalue weighted by Gasteiger charge is -1.97. The van der Waals surface area contributed by atoms with E-state index in [2.05, 4.69) is 0 Å². The van der Waals surface area contributed by atoms with Crippen LogP contribution in [0.1, 0.15) is 16.7 Å². The lowest BCUT2D eigenvalue weighted by molar-refractivity contribution is -0.131. The zero-order chi connectivity index (χ0) is 13.5. The average Bonchev–Trinajstić information content (AvgIpc) is 2.44. The molecule has 0 saturated heterocycles. The van der Waals surface area contributed by atoms with E-state index in [-0.39, 0.29) is 0 Å². The van der Waals surface area contributed by atoms with E-state index in [1.807, 2.05) is 66.7 Å². The molecule has 2 heteroatoms. The van der Waals surface area contributed by atoms with Gasteiger partial charge < -0.3 is 5.11 Å². The van der Waals surface area contributed by atoms with Crippen molar-refractivity contribution < 1.29 is 9.90 Å². The molecule has 0 heterocycles. The number of benzene rings is 2. The molecule has 2 aromatic rings. The molecule has 2 rings (SSSR count). The first kappa shape index (κ1) is 12.8. The van der Waals surface area contributed by atoms with E-state index in [0.29, 0.717) is 0 Å². The molecule has 0 spiro atoms. The first-order valence-electron chi connectivity index (χ1n) is 5.98. The van der Waals surface area contributed by atoms with Crippen LogP contribution in [0.2, 0.25) is 0 Å². The smallest absolute Gasteiger partial charge is 0.328 e. The van der Waals surface area contributed by atoms with Gasteiger partial charge in [0.2, 0.25) is 0 Å². The topological polar surface area (TPSA) is 37.3 Å². The van der Waals surface area contributed by atoms with Gasteiger partial charge in [0.25, 0.3) is 0 Å². The summed E-state index contributed by atoms with van der Waals surface area (Å²) >= 11 is 0. The molecule has 94 valence electrons. The van der Waals surface area contributed by atoms with Crippen molar-refractivity contribution in [2.45, 2.75) is 0 Å². The van der Waals surface area contributed by atoms with Crippen molar-refractivity contribution in [3.8, 4) is 0 Å². The Bertz CT molecular complexity index is 610. The second-order valence-corrected chi connectivity index (χ2v) is 4.09. The average molecular weight is 250 g/mol. The highest BCUT2D eigenvalue weighted by Gasteiger charge is 1.92. The van der Waals surface area contributed by atoms with Gasteiger partial charge in [-0.3, -0.25) is 0 Å². The summed E-state index contributed by atoms with van der Waals surface area (Å²) in [5.41, 5.74) is 3.04. The molecule has 0 saturated carbocycles. The van der Waals surface area contributed by atoms with E-state index in [0.717, 1.165) is 22.8 Å². The summed E-state index contributed by atoms with van der Waals surface area (Å²) < 4.78 is 0. The van der Waals surface area contributed by atoms with Crippen LogP contribution in [-0.4, -0.2) is 11.1 Å². The quantitative estimate of drug-likeness (QED) is 0.659. The van der Waals surface area contributed by atoms with Crippen molar-refractivity contribution in [3.05, 3.63) is 77.4 Å². The largest absolute Gasteiger partial charge is 0.478 e. The molecule has 0 fully saturated rings. The number of carboxylic acids is 1. The molecule has 2 nitrogen and oxygen atoms in total. The molecule has 0 unspecified atom stereocenters. The van der Waals surface area contributed by atoms with Crippen molar-refractivity contribution in [1.29, 1.82) is 0 Å². The summed E-state index contributed by atoms with van der Waals surface area (Å²) in [6, 6.07) is 17.7. The number of hydrogen-bond donors (Lipinski definition) is 1. The summed E-state index contributed by atoms with van der Waals surface area (Å²) in [6.07, 6.45) is 6.76. The van der Waals surface area contributed by atoms with Crippen LogP contribution in [0, 0.1) is 0 Å². The van der Waals surface area contributed by atoms with Gasteiger partial charge in [-0.2, -0.15) is 0 Å². The molecule has 0 aliphatic heterocycles. The highest BCUT2D eigenvalue weighted by Crippen LogP contribution is 2.11. The van der Waals surface area contributed by atoms with Crippen molar-refractivity contribution in [2.75, 3.05) is 0 Å². The molecule has 0 aromatic heterocycles. The molecule has 2 aromatic carbocycles. The SMILES string of the molecule is O=C(O)C=Cc1cccc(C=Cc2ccccc2)c1. The fraction of sp³-hybridized carbons (Fsp3) is 0. The van der Waals surface area contributed by atoms with Gasteiger partial charge >= 0.3 is 5.97 Å². The van der Waals surface area contributed by atoms with E-state index < -0.39 is 5.97 Å². The predicted molar refractivity (Wildman–Crippen MR) is 78.5 cm³/mol. The fourth-order valence-corrected chi connectivity index (χ4v) is 1.69.